The van der Waals surface area contributed by atoms with E-state index in [1.54, 1.807) is 0 Å². The molecule has 1 aliphatic heterocycles. The summed E-state index contributed by atoms with van der Waals surface area (Å²) in [6.45, 7) is 5.38. The largest absolute Gasteiger partial charge is 0.478 e. The molecule has 3 nitrogen and oxygen atoms in total. The van der Waals surface area contributed by atoms with E-state index >= 15 is 0 Å². The van der Waals surface area contributed by atoms with Crippen LogP contribution in [0.25, 0.3) is 0 Å². The lowest BCUT2D eigenvalue weighted by Gasteiger charge is -2.31. The minimum atomic E-state index is -0.825. The molecule has 0 spiro atoms. The Morgan fingerprint density at radius 1 is 1.47 bits per heavy atom. The van der Waals surface area contributed by atoms with Crippen molar-refractivity contribution < 1.29 is 9.90 Å². The van der Waals surface area contributed by atoms with E-state index in [0.717, 1.165) is 30.0 Å². The van der Waals surface area contributed by atoms with Gasteiger partial charge in [0.05, 0.1) is 11.3 Å². The first-order valence-corrected chi connectivity index (χ1v) is 7.95. The summed E-state index contributed by atoms with van der Waals surface area (Å²) in [5.41, 5.74) is 1.35. The molecule has 104 valence electrons. The number of thioether (sulfide) groups is 1. The smallest absolute Gasteiger partial charge is 0.338 e. The number of hydrogen-bond donors (Lipinski definition) is 1. The van der Waals surface area contributed by atoms with Gasteiger partial charge in [-0.1, -0.05) is 19.9 Å². The quantitative estimate of drug-likeness (QED) is 0.853. The van der Waals surface area contributed by atoms with Crippen LogP contribution >= 0.6 is 11.8 Å². The maximum Gasteiger partial charge on any atom is 0.338 e. The first-order chi connectivity index (χ1) is 9.06. The molecule has 1 fully saturated rings. The van der Waals surface area contributed by atoms with Crippen LogP contribution in [0.15, 0.2) is 23.1 Å². The molecule has 1 atom stereocenters. The van der Waals surface area contributed by atoms with E-state index in [1.165, 1.54) is 11.8 Å². The topological polar surface area (TPSA) is 40.5 Å². The number of carbonyl (C=O) groups is 1. The molecule has 0 saturated carbocycles. The van der Waals surface area contributed by atoms with Gasteiger partial charge in [-0.3, -0.25) is 0 Å². The standard InChI is InChI=1S/C15H21NO2S/c1-10(2)11-7-5-9-16(11)12-6-4-8-13(19-3)14(12)15(17)18/h4,6,8,10-11H,5,7,9H2,1-3H3,(H,17,18). The summed E-state index contributed by atoms with van der Waals surface area (Å²) in [4.78, 5) is 14.7. The normalized spacial score (nSPS) is 19.2. The highest BCUT2D eigenvalue weighted by Crippen LogP contribution is 2.35. The van der Waals surface area contributed by atoms with Gasteiger partial charge >= 0.3 is 5.97 Å². The number of anilines is 1. The minimum absolute atomic E-state index is 0.454. The molecule has 1 unspecified atom stereocenters. The summed E-state index contributed by atoms with van der Waals surface area (Å²) in [6.07, 6.45) is 4.22. The molecule has 0 amide bonds. The second-order valence-electron chi connectivity index (χ2n) is 5.31. The summed E-state index contributed by atoms with van der Waals surface area (Å²) in [7, 11) is 0. The van der Waals surface area contributed by atoms with Gasteiger partial charge < -0.3 is 10.0 Å². The molecule has 1 aliphatic rings. The summed E-state index contributed by atoms with van der Waals surface area (Å²) in [6, 6.07) is 6.25. The summed E-state index contributed by atoms with van der Waals surface area (Å²) in [5.74, 6) is -0.281. The number of nitrogens with zero attached hydrogens (tertiary/aromatic N) is 1. The van der Waals surface area contributed by atoms with E-state index in [-0.39, 0.29) is 0 Å². The van der Waals surface area contributed by atoms with Crippen molar-refractivity contribution in [1.29, 1.82) is 0 Å². The SMILES string of the molecule is CSc1cccc(N2CCCC2C(C)C)c1C(=O)O. The Balaban J connectivity index is 2.47. The van der Waals surface area contributed by atoms with Crippen LogP contribution in [-0.4, -0.2) is 29.9 Å². The Morgan fingerprint density at radius 2 is 2.21 bits per heavy atom. The van der Waals surface area contributed by atoms with E-state index in [0.29, 0.717) is 17.5 Å². The van der Waals surface area contributed by atoms with Crippen molar-refractivity contribution in [3.05, 3.63) is 23.8 Å². The monoisotopic (exact) mass is 279 g/mol. The molecule has 4 heteroatoms. The van der Waals surface area contributed by atoms with Gasteiger partial charge in [0, 0.05) is 17.5 Å². The highest BCUT2D eigenvalue weighted by molar-refractivity contribution is 7.98. The van der Waals surface area contributed by atoms with E-state index in [1.807, 2.05) is 24.5 Å². The van der Waals surface area contributed by atoms with Crippen molar-refractivity contribution in [2.24, 2.45) is 5.92 Å². The second-order valence-corrected chi connectivity index (χ2v) is 6.15. The number of aromatic carboxylic acids is 1. The van der Waals surface area contributed by atoms with Crippen molar-refractivity contribution in [3.8, 4) is 0 Å². The average Bonchev–Trinajstić information content (AvgIpc) is 2.86. The third-order valence-electron chi connectivity index (χ3n) is 3.82. The second kappa shape index (κ2) is 5.87. The van der Waals surface area contributed by atoms with Crippen LogP contribution < -0.4 is 4.90 Å². The van der Waals surface area contributed by atoms with Crippen LogP contribution in [0.1, 0.15) is 37.0 Å². The maximum absolute atomic E-state index is 11.6. The third-order valence-corrected chi connectivity index (χ3v) is 4.60. The number of rotatable bonds is 4. The Bertz CT molecular complexity index is 473. The summed E-state index contributed by atoms with van der Waals surface area (Å²) < 4.78 is 0. The van der Waals surface area contributed by atoms with E-state index < -0.39 is 5.97 Å². The van der Waals surface area contributed by atoms with Crippen molar-refractivity contribution in [2.75, 3.05) is 17.7 Å². The Kier molecular flexibility index (Phi) is 4.40. The van der Waals surface area contributed by atoms with Gasteiger partial charge in [-0.15, -0.1) is 11.8 Å². The Morgan fingerprint density at radius 3 is 2.79 bits per heavy atom. The number of carboxylic acid groups (broad SMARTS) is 1. The fourth-order valence-electron chi connectivity index (χ4n) is 2.93. The van der Waals surface area contributed by atoms with Gasteiger partial charge in [0.1, 0.15) is 0 Å². The van der Waals surface area contributed by atoms with Crippen LogP contribution in [0.4, 0.5) is 5.69 Å². The van der Waals surface area contributed by atoms with Crippen molar-refractivity contribution in [3.63, 3.8) is 0 Å². The van der Waals surface area contributed by atoms with Crippen LogP contribution in [0.3, 0.4) is 0 Å². The lowest BCUT2D eigenvalue weighted by Crippen LogP contribution is -2.34. The van der Waals surface area contributed by atoms with Gasteiger partial charge in [-0.25, -0.2) is 4.79 Å². The molecule has 2 rings (SSSR count). The molecule has 0 radical (unpaired) electrons. The molecular weight excluding hydrogens is 258 g/mol. The molecule has 1 heterocycles. The molecule has 1 aromatic rings. The van der Waals surface area contributed by atoms with Crippen molar-refractivity contribution >= 4 is 23.4 Å². The Labute approximate surface area is 119 Å². The molecule has 1 aromatic carbocycles. The number of benzene rings is 1. The zero-order valence-corrected chi connectivity index (χ0v) is 12.5. The van der Waals surface area contributed by atoms with Gasteiger partial charge in [-0.2, -0.15) is 0 Å². The van der Waals surface area contributed by atoms with Crippen LogP contribution in [0, 0.1) is 5.92 Å². The van der Waals surface area contributed by atoms with Crippen LogP contribution in [0.2, 0.25) is 0 Å². The lowest BCUT2D eigenvalue weighted by atomic mass is 10.0. The third kappa shape index (κ3) is 2.73. The highest BCUT2D eigenvalue weighted by atomic mass is 32.2. The van der Waals surface area contributed by atoms with E-state index in [4.69, 9.17) is 0 Å². The van der Waals surface area contributed by atoms with Gasteiger partial charge in [0.15, 0.2) is 0 Å². The minimum Gasteiger partial charge on any atom is -0.478 e. The molecule has 1 N–H and O–H groups in total. The zero-order valence-electron chi connectivity index (χ0n) is 11.7. The first-order valence-electron chi connectivity index (χ1n) is 6.73. The van der Waals surface area contributed by atoms with Crippen LogP contribution in [-0.2, 0) is 0 Å². The molecule has 0 aliphatic carbocycles. The van der Waals surface area contributed by atoms with E-state index in [9.17, 15) is 9.90 Å². The van der Waals surface area contributed by atoms with Gasteiger partial charge in [-0.05, 0) is 37.1 Å². The van der Waals surface area contributed by atoms with Gasteiger partial charge in [0.25, 0.3) is 0 Å². The summed E-state index contributed by atoms with van der Waals surface area (Å²) >= 11 is 1.50. The average molecular weight is 279 g/mol. The number of hydrogen-bond acceptors (Lipinski definition) is 3. The van der Waals surface area contributed by atoms with Gasteiger partial charge in [0.2, 0.25) is 0 Å². The first kappa shape index (κ1) is 14.3. The van der Waals surface area contributed by atoms with E-state index in [2.05, 4.69) is 18.7 Å². The predicted octanol–water partition coefficient (Wildman–Crippen LogP) is 3.73. The summed E-state index contributed by atoms with van der Waals surface area (Å²) in [5, 5.41) is 9.52. The zero-order chi connectivity index (χ0) is 14.0. The molecule has 0 aromatic heterocycles. The fourth-order valence-corrected chi connectivity index (χ4v) is 3.54. The molecule has 19 heavy (non-hydrogen) atoms. The molecule has 0 bridgehead atoms. The lowest BCUT2D eigenvalue weighted by molar-refractivity contribution is 0.0693. The number of carboxylic acids is 1. The predicted molar refractivity (Wildman–Crippen MR) is 80.4 cm³/mol. The highest BCUT2D eigenvalue weighted by Gasteiger charge is 2.30. The van der Waals surface area contributed by atoms with Crippen molar-refractivity contribution in [1.82, 2.24) is 0 Å². The molecule has 1 saturated heterocycles. The molecular formula is C15H21NO2S. The Hall–Kier alpha value is -1.16. The fraction of sp³-hybridized carbons (Fsp3) is 0.533. The van der Waals surface area contributed by atoms with Crippen LogP contribution in [0.5, 0.6) is 0 Å². The van der Waals surface area contributed by atoms with Crippen molar-refractivity contribution in [2.45, 2.75) is 37.6 Å². The maximum atomic E-state index is 11.6.